The van der Waals surface area contributed by atoms with Gasteiger partial charge in [0.2, 0.25) is 5.91 Å². The maximum atomic E-state index is 12.0. The van der Waals surface area contributed by atoms with Crippen LogP contribution >= 0.6 is 0 Å². The third-order valence-corrected chi connectivity index (χ3v) is 3.95. The van der Waals surface area contributed by atoms with E-state index in [1.165, 1.54) is 0 Å². The summed E-state index contributed by atoms with van der Waals surface area (Å²) in [5.41, 5.74) is 3.28. The van der Waals surface area contributed by atoms with E-state index in [0.29, 0.717) is 17.7 Å². The zero-order valence-corrected chi connectivity index (χ0v) is 15.0. The van der Waals surface area contributed by atoms with Crippen molar-refractivity contribution < 1.29 is 14.4 Å². The van der Waals surface area contributed by atoms with Crippen LogP contribution in [0.1, 0.15) is 31.8 Å². The van der Waals surface area contributed by atoms with Crippen LogP contribution in [-0.2, 0) is 4.79 Å². The van der Waals surface area contributed by atoms with Gasteiger partial charge in [-0.15, -0.1) is 0 Å². The molecule has 0 fully saturated rings. The molecule has 0 aliphatic rings. The van der Waals surface area contributed by atoms with Crippen molar-refractivity contribution in [2.45, 2.75) is 13.8 Å². The normalized spacial score (nSPS) is 10.1. The number of carbonyl (C=O) groups excluding carboxylic acids is 3. The Morgan fingerprint density at radius 1 is 0.731 bits per heavy atom. The standard InChI is InChI=1S/C20H23N3O3/c1-14-8-9-17(12-15(14)2)20(26)22-11-10-21-18(24)13-23-19(25)16-6-4-3-5-7-16/h3-9,12H,10-11,13H2,1-2H3,(H,21,24)(H,22,26)(H,23,25). The van der Waals surface area contributed by atoms with E-state index < -0.39 is 0 Å². The Bertz CT molecular complexity index is 788. The van der Waals surface area contributed by atoms with Crippen molar-refractivity contribution in [1.82, 2.24) is 16.0 Å². The Balaban J connectivity index is 1.66. The van der Waals surface area contributed by atoms with Crippen LogP contribution in [0.25, 0.3) is 0 Å². The number of hydrogen-bond acceptors (Lipinski definition) is 3. The van der Waals surface area contributed by atoms with Gasteiger partial charge in [0, 0.05) is 24.2 Å². The van der Waals surface area contributed by atoms with Gasteiger partial charge in [0.25, 0.3) is 11.8 Å². The molecule has 0 unspecified atom stereocenters. The molecule has 2 rings (SSSR count). The number of benzene rings is 2. The van der Waals surface area contributed by atoms with Crippen LogP contribution in [0.4, 0.5) is 0 Å². The van der Waals surface area contributed by atoms with Crippen LogP contribution in [0.3, 0.4) is 0 Å². The fourth-order valence-electron chi connectivity index (χ4n) is 2.28. The lowest BCUT2D eigenvalue weighted by atomic mass is 10.1. The first-order chi connectivity index (χ1) is 12.5. The molecule has 136 valence electrons. The summed E-state index contributed by atoms with van der Waals surface area (Å²) >= 11 is 0. The lowest BCUT2D eigenvalue weighted by Gasteiger charge is -2.09. The van der Waals surface area contributed by atoms with E-state index in [4.69, 9.17) is 0 Å². The van der Waals surface area contributed by atoms with Gasteiger partial charge in [0.15, 0.2) is 0 Å². The second kappa shape index (κ2) is 9.36. The smallest absolute Gasteiger partial charge is 0.251 e. The van der Waals surface area contributed by atoms with Crippen LogP contribution in [0.2, 0.25) is 0 Å². The highest BCUT2D eigenvalue weighted by Crippen LogP contribution is 2.09. The molecule has 0 spiro atoms. The maximum absolute atomic E-state index is 12.0. The summed E-state index contributed by atoms with van der Waals surface area (Å²) in [5.74, 6) is -0.793. The summed E-state index contributed by atoms with van der Waals surface area (Å²) in [4.78, 5) is 35.6. The highest BCUT2D eigenvalue weighted by Gasteiger charge is 2.08. The first kappa shape index (κ1) is 19.2. The van der Waals surface area contributed by atoms with E-state index >= 15 is 0 Å². The molecule has 0 saturated heterocycles. The van der Waals surface area contributed by atoms with Gasteiger partial charge < -0.3 is 16.0 Å². The van der Waals surface area contributed by atoms with Crippen LogP contribution < -0.4 is 16.0 Å². The summed E-state index contributed by atoms with van der Waals surface area (Å²) in [6.07, 6.45) is 0. The quantitative estimate of drug-likeness (QED) is 0.661. The van der Waals surface area contributed by atoms with Crippen molar-refractivity contribution in [3.63, 3.8) is 0 Å². The average molecular weight is 353 g/mol. The molecule has 2 aromatic rings. The minimum absolute atomic E-state index is 0.112. The average Bonchev–Trinajstić information content (AvgIpc) is 2.66. The molecule has 26 heavy (non-hydrogen) atoms. The van der Waals surface area contributed by atoms with Crippen molar-refractivity contribution >= 4 is 17.7 Å². The van der Waals surface area contributed by atoms with Crippen molar-refractivity contribution in [3.8, 4) is 0 Å². The Morgan fingerprint density at radius 2 is 1.38 bits per heavy atom. The number of hydrogen-bond donors (Lipinski definition) is 3. The highest BCUT2D eigenvalue weighted by atomic mass is 16.2. The van der Waals surface area contributed by atoms with Gasteiger partial charge in [-0.1, -0.05) is 24.3 Å². The molecular formula is C20H23N3O3. The highest BCUT2D eigenvalue weighted by molar-refractivity contribution is 5.96. The van der Waals surface area contributed by atoms with Crippen molar-refractivity contribution in [2.75, 3.05) is 19.6 Å². The molecule has 0 radical (unpaired) electrons. The summed E-state index contributed by atoms with van der Waals surface area (Å²) in [6.45, 7) is 4.43. The first-order valence-corrected chi connectivity index (χ1v) is 8.43. The fraction of sp³-hybridized carbons (Fsp3) is 0.250. The second-order valence-corrected chi connectivity index (χ2v) is 5.95. The van der Waals surface area contributed by atoms with E-state index in [2.05, 4.69) is 16.0 Å². The molecule has 6 heteroatoms. The molecule has 0 aliphatic carbocycles. The summed E-state index contributed by atoms with van der Waals surface area (Å²) in [7, 11) is 0. The predicted molar refractivity (Wildman–Crippen MR) is 100 cm³/mol. The molecule has 0 bridgehead atoms. The Morgan fingerprint density at radius 3 is 2.08 bits per heavy atom. The zero-order chi connectivity index (χ0) is 18.9. The van der Waals surface area contributed by atoms with Gasteiger partial charge in [0.1, 0.15) is 0 Å². The summed E-state index contributed by atoms with van der Waals surface area (Å²) in [6, 6.07) is 14.2. The Hall–Kier alpha value is -3.15. The lowest BCUT2D eigenvalue weighted by Crippen LogP contribution is -2.40. The van der Waals surface area contributed by atoms with Crippen molar-refractivity contribution in [1.29, 1.82) is 0 Å². The van der Waals surface area contributed by atoms with Crippen LogP contribution in [-0.4, -0.2) is 37.4 Å². The number of carbonyl (C=O) groups is 3. The SMILES string of the molecule is Cc1ccc(C(=O)NCCNC(=O)CNC(=O)c2ccccc2)cc1C. The molecule has 2 aromatic carbocycles. The van der Waals surface area contributed by atoms with E-state index in [0.717, 1.165) is 11.1 Å². The van der Waals surface area contributed by atoms with Crippen LogP contribution in [0.5, 0.6) is 0 Å². The molecule has 3 N–H and O–H groups in total. The third kappa shape index (κ3) is 5.73. The summed E-state index contributed by atoms with van der Waals surface area (Å²) < 4.78 is 0. The fourth-order valence-corrected chi connectivity index (χ4v) is 2.28. The number of amides is 3. The third-order valence-electron chi connectivity index (χ3n) is 3.95. The van der Waals surface area contributed by atoms with Crippen molar-refractivity contribution in [3.05, 3.63) is 70.8 Å². The molecule has 6 nitrogen and oxygen atoms in total. The van der Waals surface area contributed by atoms with E-state index in [1.54, 1.807) is 30.3 Å². The monoisotopic (exact) mass is 353 g/mol. The topological polar surface area (TPSA) is 87.3 Å². The molecule has 0 heterocycles. The zero-order valence-electron chi connectivity index (χ0n) is 15.0. The van der Waals surface area contributed by atoms with Gasteiger partial charge in [-0.25, -0.2) is 0 Å². The minimum Gasteiger partial charge on any atom is -0.353 e. The lowest BCUT2D eigenvalue weighted by molar-refractivity contribution is -0.120. The van der Waals surface area contributed by atoms with Gasteiger partial charge in [-0.3, -0.25) is 14.4 Å². The van der Waals surface area contributed by atoms with Gasteiger partial charge in [-0.05, 0) is 49.2 Å². The van der Waals surface area contributed by atoms with Crippen LogP contribution in [0.15, 0.2) is 48.5 Å². The molecule has 0 atom stereocenters. The Kier molecular flexibility index (Phi) is 6.91. The molecule has 0 saturated carbocycles. The minimum atomic E-state index is -0.310. The first-order valence-electron chi connectivity index (χ1n) is 8.43. The molecular weight excluding hydrogens is 330 g/mol. The van der Waals surface area contributed by atoms with Crippen LogP contribution in [0, 0.1) is 13.8 Å². The molecule has 3 amide bonds. The van der Waals surface area contributed by atoms with Gasteiger partial charge >= 0.3 is 0 Å². The molecule has 0 aromatic heterocycles. The summed E-state index contributed by atoms with van der Waals surface area (Å²) in [5, 5.41) is 7.95. The number of rotatable bonds is 7. The van der Waals surface area contributed by atoms with Crippen molar-refractivity contribution in [2.24, 2.45) is 0 Å². The number of nitrogens with one attached hydrogen (secondary N) is 3. The van der Waals surface area contributed by atoms with E-state index in [-0.39, 0.29) is 30.8 Å². The van der Waals surface area contributed by atoms with Gasteiger partial charge in [0.05, 0.1) is 6.54 Å². The predicted octanol–water partition coefficient (Wildman–Crippen LogP) is 1.58. The van der Waals surface area contributed by atoms with Gasteiger partial charge in [-0.2, -0.15) is 0 Å². The van der Waals surface area contributed by atoms with E-state index in [1.807, 2.05) is 32.0 Å². The maximum Gasteiger partial charge on any atom is 0.251 e. The molecule has 0 aliphatic heterocycles. The Labute approximate surface area is 153 Å². The second-order valence-electron chi connectivity index (χ2n) is 5.95. The number of aryl methyl sites for hydroxylation is 2. The largest absolute Gasteiger partial charge is 0.353 e. The van der Waals surface area contributed by atoms with E-state index in [9.17, 15) is 14.4 Å².